The molecule has 2 bridgehead atoms. The van der Waals surface area contributed by atoms with E-state index in [-0.39, 0.29) is 30.4 Å². The zero-order chi connectivity index (χ0) is 22.6. The van der Waals surface area contributed by atoms with E-state index in [1.807, 2.05) is 28.1 Å². The lowest BCUT2D eigenvalue weighted by atomic mass is 9.76. The van der Waals surface area contributed by atoms with Crippen molar-refractivity contribution in [1.29, 1.82) is 0 Å². The van der Waals surface area contributed by atoms with Gasteiger partial charge in [0.15, 0.2) is 0 Å². The van der Waals surface area contributed by atoms with Crippen LogP contribution in [0, 0.1) is 11.3 Å². The molecule has 168 valence electrons. The normalized spacial score (nSPS) is 25.2. The van der Waals surface area contributed by atoms with Gasteiger partial charge in [0.05, 0.1) is 0 Å². The Balaban J connectivity index is 1.49. The predicted octanol–water partition coefficient (Wildman–Crippen LogP) is 1.61. The number of pyridine rings is 1. The van der Waals surface area contributed by atoms with Gasteiger partial charge >= 0.3 is 6.03 Å². The quantitative estimate of drug-likeness (QED) is 0.656. The van der Waals surface area contributed by atoms with E-state index in [0.29, 0.717) is 19.6 Å². The summed E-state index contributed by atoms with van der Waals surface area (Å²) >= 11 is 1.51. The van der Waals surface area contributed by atoms with Crippen LogP contribution in [-0.2, 0) is 22.6 Å². The van der Waals surface area contributed by atoms with Crippen molar-refractivity contribution < 1.29 is 14.4 Å². The van der Waals surface area contributed by atoms with Gasteiger partial charge in [-0.2, -0.15) is 0 Å². The lowest BCUT2D eigenvalue weighted by Crippen LogP contribution is -2.67. The molecule has 9 heteroatoms. The van der Waals surface area contributed by atoms with Crippen molar-refractivity contribution in [3.05, 3.63) is 56.6 Å². The zero-order valence-electron chi connectivity index (χ0n) is 18.2. The Hall–Kier alpha value is -2.78. The Labute approximate surface area is 190 Å². The van der Waals surface area contributed by atoms with E-state index in [1.165, 1.54) is 25.4 Å². The highest BCUT2D eigenvalue weighted by Crippen LogP contribution is 2.39. The maximum atomic E-state index is 13.5. The molecule has 4 amide bonds. The number of fused-ring (bicyclic) bond motifs is 4. The van der Waals surface area contributed by atoms with Crippen LogP contribution >= 0.6 is 11.3 Å². The number of hydrogen-bond acceptors (Lipinski definition) is 6. The van der Waals surface area contributed by atoms with Gasteiger partial charge < -0.3 is 9.47 Å². The zero-order valence-corrected chi connectivity index (χ0v) is 19.0. The number of thiophene rings is 1. The maximum absolute atomic E-state index is 13.5. The number of barbiturate groups is 1. The average molecular weight is 455 g/mol. The van der Waals surface area contributed by atoms with E-state index in [4.69, 9.17) is 0 Å². The van der Waals surface area contributed by atoms with Gasteiger partial charge in [-0.15, -0.1) is 11.3 Å². The third-order valence-corrected chi connectivity index (χ3v) is 7.98. The molecule has 0 aromatic carbocycles. The molecule has 32 heavy (non-hydrogen) atoms. The van der Waals surface area contributed by atoms with Crippen LogP contribution in [0.2, 0.25) is 0 Å². The van der Waals surface area contributed by atoms with Gasteiger partial charge in [0, 0.05) is 69.3 Å². The maximum Gasteiger partial charge on any atom is 0.332 e. The summed E-state index contributed by atoms with van der Waals surface area (Å²) in [6.07, 6.45) is 1.27. The molecule has 5 heterocycles. The van der Waals surface area contributed by atoms with Crippen LogP contribution in [0.4, 0.5) is 4.79 Å². The van der Waals surface area contributed by atoms with Gasteiger partial charge in [0.1, 0.15) is 5.41 Å². The molecular weight excluding hydrogens is 428 g/mol. The second kappa shape index (κ2) is 7.67. The van der Waals surface area contributed by atoms with Gasteiger partial charge in [0.2, 0.25) is 11.8 Å². The summed E-state index contributed by atoms with van der Waals surface area (Å²) in [6.45, 7) is 2.30. The lowest BCUT2D eigenvalue weighted by molar-refractivity contribution is -0.159. The largest absolute Gasteiger partial charge is 0.332 e. The van der Waals surface area contributed by atoms with Gasteiger partial charge in [-0.3, -0.25) is 24.2 Å². The number of imide groups is 2. The first kappa shape index (κ1) is 21.1. The molecule has 8 nitrogen and oxygen atoms in total. The standard InChI is InChI=1S/C23H26N4O4S/c1-24-20(29)23(10-17-5-4-8-32-17,21(30)25(2)22(24)31)14-26-11-15-9-16(13-26)18-6-3-7-19(28)27(18)12-15/h3-8,15-16H,9-14H2,1-2H3. The first-order valence-corrected chi connectivity index (χ1v) is 11.7. The monoisotopic (exact) mass is 454 g/mol. The second-order valence-corrected chi connectivity index (χ2v) is 10.3. The van der Waals surface area contributed by atoms with E-state index in [0.717, 1.165) is 26.8 Å². The van der Waals surface area contributed by atoms with Gasteiger partial charge in [-0.1, -0.05) is 12.1 Å². The van der Waals surface area contributed by atoms with E-state index >= 15 is 0 Å². The third-order valence-electron chi connectivity index (χ3n) is 7.11. The first-order valence-electron chi connectivity index (χ1n) is 10.8. The van der Waals surface area contributed by atoms with Crippen molar-refractivity contribution in [2.45, 2.75) is 25.3 Å². The number of urea groups is 1. The van der Waals surface area contributed by atoms with Crippen molar-refractivity contribution in [2.24, 2.45) is 11.3 Å². The van der Waals surface area contributed by atoms with Crippen LogP contribution in [-0.4, -0.2) is 70.8 Å². The summed E-state index contributed by atoms with van der Waals surface area (Å²) in [5, 5.41) is 1.93. The summed E-state index contributed by atoms with van der Waals surface area (Å²) in [4.78, 5) is 57.0. The Kier molecular flexibility index (Phi) is 5.05. The van der Waals surface area contributed by atoms with Crippen molar-refractivity contribution >= 4 is 29.2 Å². The number of amides is 4. The summed E-state index contributed by atoms with van der Waals surface area (Å²) in [6, 6.07) is 8.65. The molecule has 2 unspecified atom stereocenters. The Morgan fingerprint density at radius 2 is 1.72 bits per heavy atom. The molecule has 0 N–H and O–H groups in total. The van der Waals surface area contributed by atoms with Gasteiger partial charge in [-0.25, -0.2) is 4.79 Å². The van der Waals surface area contributed by atoms with E-state index in [2.05, 4.69) is 4.90 Å². The second-order valence-electron chi connectivity index (χ2n) is 9.24. The van der Waals surface area contributed by atoms with E-state index in [9.17, 15) is 19.2 Å². The molecule has 5 rings (SSSR count). The number of carbonyl (C=O) groups excluding carboxylic acids is 3. The molecule has 2 aromatic heterocycles. The molecular formula is C23H26N4O4S. The molecule has 2 fully saturated rings. The number of nitrogens with zero attached hydrogens (tertiary/aromatic N) is 4. The topological polar surface area (TPSA) is 82.9 Å². The number of aromatic nitrogens is 1. The molecule has 0 radical (unpaired) electrons. The van der Waals surface area contributed by atoms with Crippen molar-refractivity contribution in [1.82, 2.24) is 19.3 Å². The lowest BCUT2D eigenvalue weighted by Gasteiger charge is -2.48. The Bertz CT molecular complexity index is 1120. The molecule has 2 saturated heterocycles. The molecule has 0 saturated carbocycles. The van der Waals surface area contributed by atoms with Crippen LogP contribution in [0.3, 0.4) is 0 Å². The molecule has 2 aromatic rings. The highest BCUT2D eigenvalue weighted by atomic mass is 32.1. The highest BCUT2D eigenvalue weighted by Gasteiger charge is 2.56. The molecule has 2 atom stereocenters. The molecule has 3 aliphatic rings. The minimum Gasteiger partial charge on any atom is -0.312 e. The van der Waals surface area contributed by atoms with Gasteiger partial charge in [-0.05, 0) is 29.9 Å². The van der Waals surface area contributed by atoms with Crippen LogP contribution < -0.4 is 5.56 Å². The molecule has 0 aliphatic carbocycles. The van der Waals surface area contributed by atoms with E-state index < -0.39 is 23.3 Å². The summed E-state index contributed by atoms with van der Waals surface area (Å²) in [5.41, 5.74) is -0.291. The van der Waals surface area contributed by atoms with Crippen LogP contribution in [0.25, 0.3) is 0 Å². The number of carbonyl (C=O) groups is 3. The minimum atomic E-state index is -1.34. The van der Waals surface area contributed by atoms with Gasteiger partial charge in [0.25, 0.3) is 5.56 Å². The average Bonchev–Trinajstić information content (AvgIpc) is 3.29. The molecule has 0 spiro atoms. The fraction of sp³-hybridized carbons (Fsp3) is 0.478. The van der Waals surface area contributed by atoms with Crippen LogP contribution in [0.1, 0.15) is 22.9 Å². The highest BCUT2D eigenvalue weighted by molar-refractivity contribution is 7.09. The number of hydrogen-bond donors (Lipinski definition) is 0. The van der Waals surface area contributed by atoms with E-state index in [1.54, 1.807) is 12.1 Å². The summed E-state index contributed by atoms with van der Waals surface area (Å²) in [7, 11) is 2.90. The Morgan fingerprint density at radius 1 is 0.969 bits per heavy atom. The minimum absolute atomic E-state index is 0.0270. The first-order chi connectivity index (χ1) is 15.3. The summed E-state index contributed by atoms with van der Waals surface area (Å²) in [5.74, 6) is -0.412. The van der Waals surface area contributed by atoms with Crippen molar-refractivity contribution in [2.75, 3.05) is 33.7 Å². The van der Waals surface area contributed by atoms with Crippen molar-refractivity contribution in [3.63, 3.8) is 0 Å². The number of rotatable bonds is 4. The third kappa shape index (κ3) is 3.22. The Morgan fingerprint density at radius 3 is 2.41 bits per heavy atom. The molecule has 3 aliphatic heterocycles. The van der Waals surface area contributed by atoms with Crippen LogP contribution in [0.5, 0.6) is 0 Å². The fourth-order valence-electron chi connectivity index (χ4n) is 5.69. The number of likely N-dealkylation sites (tertiary alicyclic amines) is 1. The SMILES string of the molecule is CN1C(=O)N(C)C(=O)C(Cc2cccs2)(CN2CC3CC(C2)c2cccc(=O)n2C3)C1=O. The number of piperidine rings is 1. The van der Waals surface area contributed by atoms with Crippen LogP contribution in [0.15, 0.2) is 40.5 Å². The summed E-state index contributed by atoms with van der Waals surface area (Å²) < 4.78 is 1.87. The predicted molar refractivity (Wildman–Crippen MR) is 119 cm³/mol. The van der Waals surface area contributed by atoms with Crippen molar-refractivity contribution in [3.8, 4) is 0 Å². The smallest absolute Gasteiger partial charge is 0.312 e. The fourth-order valence-corrected chi connectivity index (χ4v) is 6.51.